The molecule has 0 saturated heterocycles. The van der Waals surface area contributed by atoms with Crippen LogP contribution in [0.3, 0.4) is 0 Å². The first-order valence-corrected chi connectivity index (χ1v) is 5.72. The lowest BCUT2D eigenvalue weighted by Gasteiger charge is -2.43. The van der Waals surface area contributed by atoms with Crippen LogP contribution >= 0.6 is 0 Å². The summed E-state index contributed by atoms with van der Waals surface area (Å²) in [7, 11) is 0. The summed E-state index contributed by atoms with van der Waals surface area (Å²) >= 11 is 0. The van der Waals surface area contributed by atoms with Crippen molar-refractivity contribution in [3.05, 3.63) is 12.3 Å². The van der Waals surface area contributed by atoms with Crippen molar-refractivity contribution in [2.75, 3.05) is 0 Å². The zero-order valence-electron chi connectivity index (χ0n) is 11.1. The third-order valence-electron chi connectivity index (χ3n) is 3.59. The molecule has 0 radical (unpaired) electrons. The van der Waals surface area contributed by atoms with Crippen LogP contribution in [0, 0.1) is 10.8 Å². The van der Waals surface area contributed by atoms with Gasteiger partial charge in [-0.05, 0) is 26.7 Å². The molecule has 0 fully saturated rings. The highest BCUT2D eigenvalue weighted by Crippen LogP contribution is 2.33. The van der Waals surface area contributed by atoms with E-state index in [-0.39, 0.29) is 11.0 Å². The van der Waals surface area contributed by atoms with Crippen molar-refractivity contribution >= 4 is 5.71 Å². The standard InChI is InChI=1S/C13H26N2/c1-8-10(3)15-13(6,7)12(4,5)11(14)9-2/h14-15H,3,8-9H2,1-2,4-7H3. The third kappa shape index (κ3) is 3.08. The summed E-state index contributed by atoms with van der Waals surface area (Å²) in [6.07, 6.45) is 1.73. The topological polar surface area (TPSA) is 35.9 Å². The fraction of sp³-hybridized carbons (Fsp3) is 0.769. The molecule has 0 rings (SSSR count). The van der Waals surface area contributed by atoms with Crippen LogP contribution in [0.25, 0.3) is 0 Å². The number of hydrogen-bond donors (Lipinski definition) is 2. The maximum atomic E-state index is 8.03. The van der Waals surface area contributed by atoms with E-state index >= 15 is 0 Å². The Balaban J connectivity index is 4.84. The van der Waals surface area contributed by atoms with Crippen LogP contribution < -0.4 is 5.32 Å². The second kappa shape index (κ2) is 4.82. The minimum absolute atomic E-state index is 0.132. The first kappa shape index (κ1) is 14.2. The Morgan fingerprint density at radius 1 is 1.13 bits per heavy atom. The Bertz CT molecular complexity index is 249. The Morgan fingerprint density at radius 2 is 1.60 bits per heavy atom. The summed E-state index contributed by atoms with van der Waals surface area (Å²) in [5.41, 5.74) is 1.54. The molecule has 2 nitrogen and oxygen atoms in total. The molecule has 0 bridgehead atoms. The van der Waals surface area contributed by atoms with E-state index in [1.54, 1.807) is 0 Å². The Hall–Kier alpha value is -0.790. The highest BCUT2D eigenvalue weighted by atomic mass is 15.0. The van der Waals surface area contributed by atoms with E-state index in [1.165, 1.54) is 0 Å². The lowest BCUT2D eigenvalue weighted by atomic mass is 9.70. The summed E-state index contributed by atoms with van der Waals surface area (Å²) in [5.74, 6) is 0. The second-order valence-electron chi connectivity index (χ2n) is 5.16. The molecule has 0 aromatic heterocycles. The van der Waals surface area contributed by atoms with Gasteiger partial charge in [0.2, 0.25) is 0 Å². The number of rotatable bonds is 6. The minimum Gasteiger partial charge on any atom is -0.383 e. The van der Waals surface area contributed by atoms with Crippen LogP contribution in [0.5, 0.6) is 0 Å². The molecule has 0 spiro atoms. The van der Waals surface area contributed by atoms with Crippen molar-refractivity contribution in [2.45, 2.75) is 59.9 Å². The third-order valence-corrected chi connectivity index (χ3v) is 3.59. The molecular formula is C13H26N2. The van der Waals surface area contributed by atoms with Gasteiger partial charge >= 0.3 is 0 Å². The summed E-state index contributed by atoms with van der Waals surface area (Å²) in [4.78, 5) is 0. The van der Waals surface area contributed by atoms with Crippen LogP contribution in [0.1, 0.15) is 54.4 Å². The Kier molecular flexibility index (Phi) is 4.57. The van der Waals surface area contributed by atoms with E-state index in [2.05, 4.69) is 46.5 Å². The van der Waals surface area contributed by atoms with Gasteiger partial charge in [0, 0.05) is 22.4 Å². The van der Waals surface area contributed by atoms with Gasteiger partial charge in [-0.15, -0.1) is 0 Å². The zero-order chi connectivity index (χ0) is 12.3. The van der Waals surface area contributed by atoms with Gasteiger partial charge in [0.05, 0.1) is 0 Å². The fourth-order valence-electron chi connectivity index (χ4n) is 1.51. The summed E-state index contributed by atoms with van der Waals surface area (Å²) in [6.45, 7) is 16.6. The smallest absolute Gasteiger partial charge is 0.0417 e. The Labute approximate surface area is 94.7 Å². The van der Waals surface area contributed by atoms with Crippen LogP contribution in [-0.4, -0.2) is 11.3 Å². The van der Waals surface area contributed by atoms with Gasteiger partial charge < -0.3 is 10.7 Å². The highest BCUT2D eigenvalue weighted by molar-refractivity contribution is 5.87. The fourth-order valence-corrected chi connectivity index (χ4v) is 1.51. The molecule has 2 N–H and O–H groups in total. The van der Waals surface area contributed by atoms with Crippen LogP contribution in [0.15, 0.2) is 12.3 Å². The van der Waals surface area contributed by atoms with Gasteiger partial charge in [-0.25, -0.2) is 0 Å². The van der Waals surface area contributed by atoms with Crippen molar-refractivity contribution in [3.63, 3.8) is 0 Å². The molecule has 0 aromatic rings. The lowest BCUT2D eigenvalue weighted by Crippen LogP contribution is -2.54. The molecule has 0 aliphatic heterocycles. The predicted octanol–water partition coefficient (Wildman–Crippen LogP) is 3.73. The van der Waals surface area contributed by atoms with Crippen molar-refractivity contribution in [3.8, 4) is 0 Å². The average Bonchev–Trinajstić information content (AvgIpc) is 2.15. The van der Waals surface area contributed by atoms with E-state index in [0.29, 0.717) is 0 Å². The van der Waals surface area contributed by atoms with Gasteiger partial charge in [-0.3, -0.25) is 0 Å². The summed E-state index contributed by atoms with van der Waals surface area (Å²) < 4.78 is 0. The molecule has 0 unspecified atom stereocenters. The first-order valence-electron chi connectivity index (χ1n) is 5.72. The molecule has 0 amide bonds. The second-order valence-corrected chi connectivity index (χ2v) is 5.16. The number of hydrogen-bond acceptors (Lipinski definition) is 2. The van der Waals surface area contributed by atoms with Crippen molar-refractivity contribution in [1.29, 1.82) is 5.41 Å². The molecule has 0 heterocycles. The maximum absolute atomic E-state index is 8.03. The van der Waals surface area contributed by atoms with Crippen molar-refractivity contribution in [2.24, 2.45) is 5.41 Å². The van der Waals surface area contributed by atoms with E-state index in [1.807, 2.05) is 6.92 Å². The van der Waals surface area contributed by atoms with Gasteiger partial charge in [-0.2, -0.15) is 0 Å². The monoisotopic (exact) mass is 210 g/mol. The van der Waals surface area contributed by atoms with Crippen molar-refractivity contribution < 1.29 is 0 Å². The number of allylic oxidation sites excluding steroid dienone is 1. The van der Waals surface area contributed by atoms with Crippen molar-refractivity contribution in [1.82, 2.24) is 5.32 Å². The molecule has 0 atom stereocenters. The molecule has 0 saturated carbocycles. The molecule has 2 heteroatoms. The van der Waals surface area contributed by atoms with E-state index in [9.17, 15) is 0 Å². The van der Waals surface area contributed by atoms with Crippen LogP contribution in [0.4, 0.5) is 0 Å². The van der Waals surface area contributed by atoms with Crippen LogP contribution in [0.2, 0.25) is 0 Å². The van der Waals surface area contributed by atoms with Gasteiger partial charge in [0.25, 0.3) is 0 Å². The molecule has 0 aliphatic carbocycles. The van der Waals surface area contributed by atoms with E-state index in [0.717, 1.165) is 24.3 Å². The Morgan fingerprint density at radius 3 is 1.93 bits per heavy atom. The quantitative estimate of drug-likeness (QED) is 0.644. The SMILES string of the molecule is C=C(CC)NC(C)(C)C(C)(C)C(=N)CC. The maximum Gasteiger partial charge on any atom is 0.0417 e. The van der Waals surface area contributed by atoms with E-state index < -0.39 is 0 Å². The van der Waals surface area contributed by atoms with Gasteiger partial charge in [0.15, 0.2) is 0 Å². The first-order chi connectivity index (χ1) is 6.69. The minimum atomic E-state index is -0.153. The predicted molar refractivity (Wildman–Crippen MR) is 68.4 cm³/mol. The van der Waals surface area contributed by atoms with Gasteiger partial charge in [0.1, 0.15) is 0 Å². The number of nitrogens with one attached hydrogen (secondary N) is 2. The molecule has 0 aromatic carbocycles. The largest absolute Gasteiger partial charge is 0.383 e. The molecule has 0 aliphatic rings. The lowest BCUT2D eigenvalue weighted by molar-refractivity contribution is 0.244. The van der Waals surface area contributed by atoms with Gasteiger partial charge in [-0.1, -0.05) is 34.3 Å². The average molecular weight is 210 g/mol. The summed E-state index contributed by atoms with van der Waals surface area (Å²) in [5, 5.41) is 11.5. The zero-order valence-corrected chi connectivity index (χ0v) is 11.1. The molecule has 88 valence electrons. The molecule has 15 heavy (non-hydrogen) atoms. The van der Waals surface area contributed by atoms with Crippen LogP contribution in [-0.2, 0) is 0 Å². The highest BCUT2D eigenvalue weighted by Gasteiger charge is 2.39. The molecular weight excluding hydrogens is 184 g/mol. The summed E-state index contributed by atoms with van der Waals surface area (Å²) in [6, 6.07) is 0. The normalized spacial score (nSPS) is 12.4. The van der Waals surface area contributed by atoms with E-state index in [4.69, 9.17) is 5.41 Å².